The molecule has 2 fully saturated rings. The van der Waals surface area contributed by atoms with E-state index in [1.807, 2.05) is 6.92 Å². The zero-order valence-electron chi connectivity index (χ0n) is 14.3. The summed E-state index contributed by atoms with van der Waals surface area (Å²) in [5, 5.41) is -0.261. The highest BCUT2D eigenvalue weighted by Gasteiger charge is 2.32. The van der Waals surface area contributed by atoms with E-state index in [4.69, 9.17) is 4.74 Å². The van der Waals surface area contributed by atoms with Gasteiger partial charge >= 0.3 is 0 Å². The van der Waals surface area contributed by atoms with Gasteiger partial charge in [-0.15, -0.1) is 0 Å². The Bertz CT molecular complexity index is 425. The number of sulfonamides is 1. The molecule has 130 valence electrons. The van der Waals surface area contributed by atoms with Crippen molar-refractivity contribution >= 4 is 10.0 Å². The van der Waals surface area contributed by atoms with Gasteiger partial charge in [0.15, 0.2) is 0 Å². The first-order chi connectivity index (χ1) is 10.4. The maximum Gasteiger partial charge on any atom is 0.216 e. The van der Waals surface area contributed by atoms with E-state index in [1.165, 1.54) is 0 Å². The van der Waals surface area contributed by atoms with Crippen LogP contribution in [0.1, 0.15) is 40.0 Å². The summed E-state index contributed by atoms with van der Waals surface area (Å²) in [4.78, 5) is 2.46. The first-order valence-corrected chi connectivity index (χ1v) is 10.2. The molecule has 1 unspecified atom stereocenters. The second kappa shape index (κ2) is 8.08. The van der Waals surface area contributed by atoms with Crippen LogP contribution >= 0.6 is 0 Å². The number of morpholine rings is 1. The minimum atomic E-state index is -3.11. The fraction of sp³-hybridized carbons (Fsp3) is 1.00. The highest BCUT2D eigenvalue weighted by atomic mass is 32.2. The van der Waals surface area contributed by atoms with Crippen molar-refractivity contribution in [2.45, 2.75) is 45.3 Å². The van der Waals surface area contributed by atoms with Gasteiger partial charge in [0.1, 0.15) is 0 Å². The minimum Gasteiger partial charge on any atom is -0.379 e. The molecular formula is C16H32N2O3S. The average molecular weight is 333 g/mol. The fourth-order valence-corrected chi connectivity index (χ4v) is 5.39. The van der Waals surface area contributed by atoms with Gasteiger partial charge in [-0.2, -0.15) is 0 Å². The van der Waals surface area contributed by atoms with Gasteiger partial charge in [-0.3, -0.25) is 4.90 Å². The quantitative estimate of drug-likeness (QED) is 0.744. The smallest absolute Gasteiger partial charge is 0.216 e. The standard InChI is InChI=1S/C16H32N2O3S/c1-14(2)12-15(3)22(19,20)18-6-4-16(5-7-18)13-17-8-10-21-11-9-17/h14-16H,4-13H2,1-3H3. The molecule has 2 rings (SSSR count). The van der Waals surface area contributed by atoms with Crippen molar-refractivity contribution < 1.29 is 13.2 Å². The van der Waals surface area contributed by atoms with Crippen LogP contribution in [-0.2, 0) is 14.8 Å². The highest BCUT2D eigenvalue weighted by Crippen LogP contribution is 2.24. The van der Waals surface area contributed by atoms with Crippen LogP contribution in [0.3, 0.4) is 0 Å². The van der Waals surface area contributed by atoms with Gasteiger partial charge in [0.05, 0.1) is 18.5 Å². The van der Waals surface area contributed by atoms with Gasteiger partial charge in [0, 0.05) is 32.7 Å². The number of hydrogen-bond acceptors (Lipinski definition) is 4. The van der Waals surface area contributed by atoms with Crippen LogP contribution in [0.5, 0.6) is 0 Å². The lowest BCUT2D eigenvalue weighted by atomic mass is 9.97. The Kier molecular flexibility index (Phi) is 6.68. The van der Waals surface area contributed by atoms with Crippen molar-refractivity contribution in [3.8, 4) is 0 Å². The van der Waals surface area contributed by atoms with Gasteiger partial charge < -0.3 is 4.74 Å². The highest BCUT2D eigenvalue weighted by molar-refractivity contribution is 7.89. The van der Waals surface area contributed by atoms with Crippen molar-refractivity contribution in [1.82, 2.24) is 9.21 Å². The molecule has 5 nitrogen and oxygen atoms in total. The zero-order valence-corrected chi connectivity index (χ0v) is 15.1. The third kappa shape index (κ3) is 4.91. The van der Waals surface area contributed by atoms with E-state index >= 15 is 0 Å². The van der Waals surface area contributed by atoms with Gasteiger partial charge in [-0.1, -0.05) is 13.8 Å². The first kappa shape index (κ1) is 18.2. The molecule has 22 heavy (non-hydrogen) atoms. The van der Waals surface area contributed by atoms with Crippen LogP contribution in [0.2, 0.25) is 0 Å². The summed E-state index contributed by atoms with van der Waals surface area (Å²) >= 11 is 0. The predicted octanol–water partition coefficient (Wildman–Crippen LogP) is 1.80. The maximum atomic E-state index is 12.6. The lowest BCUT2D eigenvalue weighted by Gasteiger charge is -2.36. The van der Waals surface area contributed by atoms with Gasteiger partial charge in [-0.05, 0) is 38.0 Å². The van der Waals surface area contributed by atoms with Crippen molar-refractivity contribution in [2.24, 2.45) is 11.8 Å². The second-order valence-corrected chi connectivity index (χ2v) is 9.59. The molecule has 1 atom stereocenters. The topological polar surface area (TPSA) is 49.9 Å². The van der Waals surface area contributed by atoms with E-state index in [-0.39, 0.29) is 5.25 Å². The van der Waals surface area contributed by atoms with E-state index in [0.29, 0.717) is 24.9 Å². The fourth-order valence-electron chi connectivity index (χ4n) is 3.54. The van der Waals surface area contributed by atoms with Crippen LogP contribution < -0.4 is 0 Å². The van der Waals surface area contributed by atoms with Crippen molar-refractivity contribution in [3.05, 3.63) is 0 Å². The SMILES string of the molecule is CC(C)CC(C)S(=O)(=O)N1CCC(CN2CCOCC2)CC1. The van der Waals surface area contributed by atoms with Gasteiger partial charge in [0.25, 0.3) is 0 Å². The van der Waals surface area contributed by atoms with E-state index in [1.54, 1.807) is 4.31 Å². The van der Waals surface area contributed by atoms with Crippen LogP contribution in [-0.4, -0.2) is 68.8 Å². The normalized spacial score (nSPS) is 24.7. The number of hydrogen-bond donors (Lipinski definition) is 0. The monoisotopic (exact) mass is 332 g/mol. The Labute approximate surface area is 136 Å². The Balaban J connectivity index is 1.80. The van der Waals surface area contributed by atoms with Crippen molar-refractivity contribution in [3.63, 3.8) is 0 Å². The zero-order chi connectivity index (χ0) is 16.2. The molecule has 0 aromatic carbocycles. The molecule has 0 aliphatic carbocycles. The molecule has 0 aromatic heterocycles. The number of rotatable bonds is 6. The molecule has 2 saturated heterocycles. The average Bonchev–Trinajstić information content (AvgIpc) is 2.48. The van der Waals surface area contributed by atoms with Crippen LogP contribution in [0.4, 0.5) is 0 Å². The summed E-state index contributed by atoms with van der Waals surface area (Å²) in [5.41, 5.74) is 0. The lowest BCUT2D eigenvalue weighted by molar-refractivity contribution is 0.0268. The number of ether oxygens (including phenoxy) is 1. The van der Waals surface area contributed by atoms with E-state index in [0.717, 1.165) is 52.1 Å². The molecular weight excluding hydrogens is 300 g/mol. The van der Waals surface area contributed by atoms with E-state index < -0.39 is 10.0 Å². The summed E-state index contributed by atoms with van der Waals surface area (Å²) in [7, 11) is -3.11. The number of nitrogens with zero attached hydrogens (tertiary/aromatic N) is 2. The van der Waals surface area contributed by atoms with Crippen LogP contribution in [0, 0.1) is 11.8 Å². The predicted molar refractivity (Wildman–Crippen MR) is 89.4 cm³/mol. The molecule has 0 bridgehead atoms. The molecule has 2 aliphatic rings. The number of piperidine rings is 1. The van der Waals surface area contributed by atoms with E-state index in [2.05, 4.69) is 18.7 Å². The minimum absolute atomic E-state index is 0.261. The Morgan fingerprint density at radius 3 is 2.18 bits per heavy atom. The van der Waals surface area contributed by atoms with Crippen LogP contribution in [0.25, 0.3) is 0 Å². The molecule has 0 aromatic rings. The van der Waals surface area contributed by atoms with Crippen LogP contribution in [0.15, 0.2) is 0 Å². The summed E-state index contributed by atoms with van der Waals surface area (Å²) < 4.78 is 32.3. The molecule has 0 amide bonds. The molecule has 6 heteroatoms. The Morgan fingerprint density at radius 2 is 1.64 bits per heavy atom. The largest absolute Gasteiger partial charge is 0.379 e. The van der Waals surface area contributed by atoms with Crippen molar-refractivity contribution in [2.75, 3.05) is 45.9 Å². The lowest BCUT2D eigenvalue weighted by Crippen LogP contribution is -2.46. The van der Waals surface area contributed by atoms with E-state index in [9.17, 15) is 8.42 Å². The van der Waals surface area contributed by atoms with Gasteiger partial charge in [-0.25, -0.2) is 12.7 Å². The third-order valence-corrected chi connectivity index (χ3v) is 7.16. The Hall–Kier alpha value is -0.170. The summed E-state index contributed by atoms with van der Waals surface area (Å²) in [6, 6.07) is 0. The maximum absolute atomic E-state index is 12.6. The molecule has 0 saturated carbocycles. The molecule has 0 radical (unpaired) electrons. The Morgan fingerprint density at radius 1 is 1.05 bits per heavy atom. The summed E-state index contributed by atoms with van der Waals surface area (Å²) in [6.45, 7) is 12.2. The molecule has 0 N–H and O–H groups in total. The first-order valence-electron chi connectivity index (χ1n) is 8.68. The molecule has 2 heterocycles. The molecule has 2 aliphatic heterocycles. The van der Waals surface area contributed by atoms with Crippen molar-refractivity contribution in [1.29, 1.82) is 0 Å². The molecule has 0 spiro atoms. The summed E-state index contributed by atoms with van der Waals surface area (Å²) in [5.74, 6) is 1.05. The third-order valence-electron chi connectivity index (χ3n) is 4.87. The second-order valence-electron chi connectivity index (χ2n) is 7.24. The van der Waals surface area contributed by atoms with Gasteiger partial charge in [0.2, 0.25) is 10.0 Å². The summed E-state index contributed by atoms with van der Waals surface area (Å²) in [6.07, 6.45) is 2.73.